The standard InChI is InChI=1S/C14H16N2O/c1-10-12(14(17)15-2)9-13(16(10)3)11-7-5-4-6-8-11/h4-9H,1-3H3,(H,15,17). The summed E-state index contributed by atoms with van der Waals surface area (Å²) in [5, 5.41) is 2.66. The Morgan fingerprint density at radius 2 is 1.88 bits per heavy atom. The first-order valence-electron chi connectivity index (χ1n) is 5.59. The number of aromatic nitrogens is 1. The first-order chi connectivity index (χ1) is 8.15. The van der Waals surface area contributed by atoms with E-state index in [-0.39, 0.29) is 5.91 Å². The Morgan fingerprint density at radius 1 is 1.24 bits per heavy atom. The average molecular weight is 228 g/mol. The molecule has 2 aromatic rings. The highest BCUT2D eigenvalue weighted by molar-refractivity contribution is 5.96. The molecular formula is C14H16N2O. The van der Waals surface area contributed by atoms with E-state index in [0.717, 1.165) is 22.5 Å². The molecule has 0 atom stereocenters. The van der Waals surface area contributed by atoms with E-state index in [4.69, 9.17) is 0 Å². The van der Waals surface area contributed by atoms with Crippen molar-refractivity contribution in [3.05, 3.63) is 47.7 Å². The Kier molecular flexibility index (Phi) is 3.00. The lowest BCUT2D eigenvalue weighted by Gasteiger charge is -2.04. The molecule has 88 valence electrons. The van der Waals surface area contributed by atoms with Crippen LogP contribution < -0.4 is 5.32 Å². The molecule has 0 fully saturated rings. The molecule has 1 amide bonds. The molecular weight excluding hydrogens is 212 g/mol. The monoisotopic (exact) mass is 228 g/mol. The second kappa shape index (κ2) is 4.45. The van der Waals surface area contributed by atoms with Crippen LogP contribution in [0.4, 0.5) is 0 Å². The topological polar surface area (TPSA) is 34.0 Å². The van der Waals surface area contributed by atoms with Crippen LogP contribution in [-0.2, 0) is 7.05 Å². The van der Waals surface area contributed by atoms with Gasteiger partial charge in [-0.1, -0.05) is 30.3 Å². The van der Waals surface area contributed by atoms with Gasteiger partial charge in [0.05, 0.1) is 5.56 Å². The number of carbonyl (C=O) groups excluding carboxylic acids is 1. The summed E-state index contributed by atoms with van der Waals surface area (Å²) >= 11 is 0. The number of benzene rings is 1. The molecule has 0 saturated carbocycles. The summed E-state index contributed by atoms with van der Waals surface area (Å²) in [5.74, 6) is -0.0414. The second-order valence-corrected chi connectivity index (χ2v) is 4.03. The third-order valence-corrected chi connectivity index (χ3v) is 3.08. The quantitative estimate of drug-likeness (QED) is 0.841. The van der Waals surface area contributed by atoms with Crippen LogP contribution in [-0.4, -0.2) is 17.5 Å². The maximum absolute atomic E-state index is 11.7. The van der Waals surface area contributed by atoms with E-state index >= 15 is 0 Å². The Morgan fingerprint density at radius 3 is 2.47 bits per heavy atom. The van der Waals surface area contributed by atoms with E-state index in [1.54, 1.807) is 7.05 Å². The van der Waals surface area contributed by atoms with Gasteiger partial charge >= 0.3 is 0 Å². The van der Waals surface area contributed by atoms with Crippen molar-refractivity contribution < 1.29 is 4.79 Å². The van der Waals surface area contributed by atoms with Gasteiger partial charge in [0, 0.05) is 25.5 Å². The lowest BCUT2D eigenvalue weighted by atomic mass is 10.1. The number of amides is 1. The Balaban J connectivity index is 2.54. The molecule has 1 heterocycles. The Bertz CT molecular complexity index is 541. The van der Waals surface area contributed by atoms with Crippen molar-refractivity contribution in [2.75, 3.05) is 7.05 Å². The molecule has 1 aromatic carbocycles. The molecule has 2 rings (SSSR count). The third kappa shape index (κ3) is 1.96. The van der Waals surface area contributed by atoms with Crippen LogP contribution >= 0.6 is 0 Å². The van der Waals surface area contributed by atoms with Crippen LogP contribution in [0.5, 0.6) is 0 Å². The molecule has 1 N–H and O–H groups in total. The zero-order valence-corrected chi connectivity index (χ0v) is 10.3. The van der Waals surface area contributed by atoms with Crippen molar-refractivity contribution in [1.82, 2.24) is 9.88 Å². The first kappa shape index (κ1) is 11.5. The fraction of sp³-hybridized carbons (Fsp3) is 0.214. The molecule has 1 aromatic heterocycles. The van der Waals surface area contributed by atoms with Crippen molar-refractivity contribution >= 4 is 5.91 Å². The molecule has 17 heavy (non-hydrogen) atoms. The Hall–Kier alpha value is -2.03. The third-order valence-electron chi connectivity index (χ3n) is 3.08. The fourth-order valence-corrected chi connectivity index (χ4v) is 1.95. The Labute approximate surface area is 101 Å². The minimum Gasteiger partial charge on any atom is -0.355 e. The summed E-state index contributed by atoms with van der Waals surface area (Å²) in [6.45, 7) is 1.96. The molecule has 0 radical (unpaired) electrons. The van der Waals surface area contributed by atoms with Gasteiger partial charge in [-0.3, -0.25) is 4.79 Å². The predicted octanol–water partition coefficient (Wildman–Crippen LogP) is 2.36. The smallest absolute Gasteiger partial charge is 0.252 e. The van der Waals surface area contributed by atoms with Crippen LogP contribution in [0.3, 0.4) is 0 Å². The number of carbonyl (C=O) groups is 1. The van der Waals surface area contributed by atoms with Crippen LogP contribution in [0.15, 0.2) is 36.4 Å². The summed E-state index contributed by atoms with van der Waals surface area (Å²) in [7, 11) is 3.63. The van der Waals surface area contributed by atoms with E-state index in [0.29, 0.717) is 0 Å². The van der Waals surface area contributed by atoms with Gasteiger partial charge in [0.2, 0.25) is 0 Å². The van der Waals surface area contributed by atoms with Crippen LogP contribution in [0.2, 0.25) is 0 Å². The van der Waals surface area contributed by atoms with Gasteiger partial charge in [-0.15, -0.1) is 0 Å². The van der Waals surface area contributed by atoms with Gasteiger partial charge in [-0.2, -0.15) is 0 Å². The lowest BCUT2D eigenvalue weighted by molar-refractivity contribution is 0.0962. The van der Waals surface area contributed by atoms with Crippen molar-refractivity contribution in [1.29, 1.82) is 0 Å². The van der Waals surface area contributed by atoms with Gasteiger partial charge in [0.25, 0.3) is 5.91 Å². The zero-order valence-electron chi connectivity index (χ0n) is 10.3. The zero-order chi connectivity index (χ0) is 12.4. The minimum absolute atomic E-state index is 0.0414. The summed E-state index contributed by atoms with van der Waals surface area (Å²) in [4.78, 5) is 11.7. The van der Waals surface area contributed by atoms with Gasteiger partial charge < -0.3 is 9.88 Å². The highest BCUT2D eigenvalue weighted by Gasteiger charge is 2.15. The highest BCUT2D eigenvalue weighted by atomic mass is 16.1. The molecule has 0 bridgehead atoms. The molecule has 0 unspecified atom stereocenters. The minimum atomic E-state index is -0.0414. The summed E-state index contributed by atoms with van der Waals surface area (Å²) in [5.41, 5.74) is 3.88. The van der Waals surface area contributed by atoms with Crippen LogP contribution in [0, 0.1) is 6.92 Å². The van der Waals surface area contributed by atoms with E-state index in [9.17, 15) is 4.79 Å². The molecule has 0 aliphatic rings. The van der Waals surface area contributed by atoms with Crippen molar-refractivity contribution in [2.24, 2.45) is 7.05 Å². The van der Waals surface area contributed by atoms with E-state index < -0.39 is 0 Å². The van der Waals surface area contributed by atoms with Gasteiger partial charge in [-0.05, 0) is 18.6 Å². The molecule has 0 aliphatic heterocycles. The van der Waals surface area contributed by atoms with Crippen molar-refractivity contribution in [3.63, 3.8) is 0 Å². The molecule has 0 aliphatic carbocycles. The molecule has 3 heteroatoms. The van der Waals surface area contributed by atoms with E-state index in [1.807, 2.05) is 54.9 Å². The van der Waals surface area contributed by atoms with Crippen molar-refractivity contribution in [3.8, 4) is 11.3 Å². The van der Waals surface area contributed by atoms with Crippen LogP contribution in [0.25, 0.3) is 11.3 Å². The maximum Gasteiger partial charge on any atom is 0.252 e. The lowest BCUT2D eigenvalue weighted by Crippen LogP contribution is -2.18. The molecule has 3 nitrogen and oxygen atoms in total. The first-order valence-corrected chi connectivity index (χ1v) is 5.59. The molecule has 0 saturated heterocycles. The summed E-state index contributed by atoms with van der Waals surface area (Å²) < 4.78 is 2.04. The van der Waals surface area contributed by atoms with E-state index in [1.165, 1.54) is 0 Å². The predicted molar refractivity (Wildman–Crippen MR) is 69.0 cm³/mol. The number of nitrogens with one attached hydrogen (secondary N) is 1. The number of rotatable bonds is 2. The normalized spacial score (nSPS) is 10.3. The SMILES string of the molecule is CNC(=O)c1cc(-c2ccccc2)n(C)c1C. The second-order valence-electron chi connectivity index (χ2n) is 4.03. The average Bonchev–Trinajstić information content (AvgIpc) is 2.67. The molecule has 0 spiro atoms. The number of nitrogens with zero attached hydrogens (tertiary/aromatic N) is 1. The largest absolute Gasteiger partial charge is 0.355 e. The van der Waals surface area contributed by atoms with Crippen molar-refractivity contribution in [2.45, 2.75) is 6.92 Å². The van der Waals surface area contributed by atoms with Crippen LogP contribution in [0.1, 0.15) is 16.1 Å². The number of hydrogen-bond acceptors (Lipinski definition) is 1. The van der Waals surface area contributed by atoms with Gasteiger partial charge in [0.15, 0.2) is 0 Å². The maximum atomic E-state index is 11.7. The van der Waals surface area contributed by atoms with E-state index in [2.05, 4.69) is 5.32 Å². The summed E-state index contributed by atoms with van der Waals surface area (Å²) in [6.07, 6.45) is 0. The fourth-order valence-electron chi connectivity index (χ4n) is 1.95. The summed E-state index contributed by atoms with van der Waals surface area (Å²) in [6, 6.07) is 12.0. The van der Waals surface area contributed by atoms with Gasteiger partial charge in [-0.25, -0.2) is 0 Å². The van der Waals surface area contributed by atoms with Gasteiger partial charge in [0.1, 0.15) is 0 Å². The highest BCUT2D eigenvalue weighted by Crippen LogP contribution is 2.24. The number of hydrogen-bond donors (Lipinski definition) is 1.